The van der Waals surface area contributed by atoms with Gasteiger partial charge in [0.2, 0.25) is 0 Å². The zero-order valence-corrected chi connectivity index (χ0v) is 21.1. The number of alkyl halides is 3. The molecule has 10 nitrogen and oxygen atoms in total. The summed E-state index contributed by atoms with van der Waals surface area (Å²) < 4.78 is 99.7. The van der Waals surface area contributed by atoms with Crippen LogP contribution in [0.2, 0.25) is 0 Å². The Kier molecular flexibility index (Phi) is 6.99. The minimum Gasteiger partial charge on any atom is -0.495 e. The van der Waals surface area contributed by atoms with Crippen LogP contribution < -0.4 is 14.4 Å². The van der Waals surface area contributed by atoms with Crippen LogP contribution in [0.15, 0.2) is 53.3 Å². The highest BCUT2D eigenvalue weighted by Crippen LogP contribution is 2.41. The van der Waals surface area contributed by atoms with Crippen LogP contribution in [0.3, 0.4) is 0 Å². The highest BCUT2D eigenvalue weighted by Gasteiger charge is 2.45. The molecule has 39 heavy (non-hydrogen) atoms. The fraction of sp³-hybridized carbons (Fsp3) is 0.333. The number of nitrogens with zero attached hydrogens (tertiary/aromatic N) is 3. The van der Waals surface area contributed by atoms with Crippen molar-refractivity contribution in [3.05, 3.63) is 60.1 Å². The van der Waals surface area contributed by atoms with Gasteiger partial charge in [-0.2, -0.15) is 25.9 Å². The minimum absolute atomic E-state index is 0.000405. The van der Waals surface area contributed by atoms with Crippen LogP contribution in [-0.4, -0.2) is 62.7 Å². The monoisotopic (exact) mass is 570 g/mol. The molecular formula is C24H22F4N4O6S. The number of anilines is 2. The number of fused-ring (bicyclic) bond motifs is 1. The number of hydrogen-bond acceptors (Lipinski definition) is 7. The standard InChI is InChI=1S/C24H22F4N4O6S/c1-36-20-10-16(14-3-2-4-15(9-14)24(26,27)28)17(25)11-19(20)32-18-5-7-31(12-21(18)37-13-23(32)33)39(34,35)30-22-6-8-38-29-22/h2-4,6,8-11,18,21H,5,7,12-13H2,1H3,(H,29,30)/t18-,21-/m1/s1. The molecule has 0 radical (unpaired) electrons. The average molecular weight is 571 g/mol. The number of rotatable bonds is 6. The molecule has 0 aliphatic carbocycles. The third-order valence-electron chi connectivity index (χ3n) is 6.55. The van der Waals surface area contributed by atoms with Gasteiger partial charge in [-0.1, -0.05) is 17.3 Å². The van der Waals surface area contributed by atoms with E-state index in [2.05, 4.69) is 14.4 Å². The molecule has 1 amide bonds. The van der Waals surface area contributed by atoms with Gasteiger partial charge in [-0.3, -0.25) is 9.52 Å². The van der Waals surface area contributed by atoms with Crippen molar-refractivity contribution < 1.29 is 44.8 Å². The topological polar surface area (TPSA) is 114 Å². The third-order valence-corrected chi connectivity index (χ3v) is 8.03. The minimum atomic E-state index is -4.61. The highest BCUT2D eigenvalue weighted by atomic mass is 32.2. The van der Waals surface area contributed by atoms with Gasteiger partial charge in [0.05, 0.1) is 30.5 Å². The Morgan fingerprint density at radius 3 is 2.67 bits per heavy atom. The van der Waals surface area contributed by atoms with Crippen LogP contribution in [0.4, 0.5) is 29.1 Å². The van der Waals surface area contributed by atoms with Crippen LogP contribution in [0.1, 0.15) is 12.0 Å². The van der Waals surface area contributed by atoms with Gasteiger partial charge < -0.3 is 18.9 Å². The summed E-state index contributed by atoms with van der Waals surface area (Å²) in [5.74, 6) is -1.31. The SMILES string of the molecule is COc1cc(-c2cccc(C(F)(F)F)c2)c(F)cc1N1C(=O)CO[C@@H]2CN(S(=O)(=O)Nc3ccon3)CC[C@H]21. The van der Waals surface area contributed by atoms with E-state index in [9.17, 15) is 26.4 Å². The van der Waals surface area contributed by atoms with Crippen molar-refractivity contribution in [2.24, 2.45) is 0 Å². The summed E-state index contributed by atoms with van der Waals surface area (Å²) in [5.41, 5.74) is -1.03. The van der Waals surface area contributed by atoms with Crippen LogP contribution in [0.25, 0.3) is 11.1 Å². The van der Waals surface area contributed by atoms with Crippen molar-refractivity contribution in [3.8, 4) is 16.9 Å². The highest BCUT2D eigenvalue weighted by molar-refractivity contribution is 7.90. The van der Waals surface area contributed by atoms with Gasteiger partial charge in [0, 0.05) is 30.8 Å². The van der Waals surface area contributed by atoms with Crippen molar-refractivity contribution >= 4 is 27.6 Å². The van der Waals surface area contributed by atoms with E-state index in [1.54, 1.807) is 0 Å². The van der Waals surface area contributed by atoms with Gasteiger partial charge in [-0.15, -0.1) is 0 Å². The molecule has 1 aromatic heterocycles. The van der Waals surface area contributed by atoms with Gasteiger partial charge in [0.1, 0.15) is 24.4 Å². The van der Waals surface area contributed by atoms with Crippen molar-refractivity contribution in [1.29, 1.82) is 0 Å². The normalized spacial score (nSPS) is 20.5. The number of piperidine rings is 1. The molecule has 2 aliphatic heterocycles. The molecule has 2 aromatic carbocycles. The van der Waals surface area contributed by atoms with Crippen LogP contribution >= 0.6 is 0 Å². The number of amides is 1. The van der Waals surface area contributed by atoms with Crippen molar-refractivity contribution in [3.63, 3.8) is 0 Å². The molecule has 15 heteroatoms. The molecule has 5 rings (SSSR count). The predicted molar refractivity (Wildman–Crippen MR) is 130 cm³/mol. The van der Waals surface area contributed by atoms with E-state index in [-0.39, 0.29) is 47.9 Å². The lowest BCUT2D eigenvalue weighted by atomic mass is 9.97. The van der Waals surface area contributed by atoms with E-state index in [1.807, 2.05) is 0 Å². The lowest BCUT2D eigenvalue weighted by Gasteiger charge is -2.46. The first-order valence-corrected chi connectivity index (χ1v) is 13.1. The lowest BCUT2D eigenvalue weighted by Crippen LogP contribution is -2.62. The van der Waals surface area contributed by atoms with Gasteiger partial charge in [-0.25, -0.2) is 4.39 Å². The van der Waals surface area contributed by atoms with E-state index in [0.29, 0.717) is 0 Å². The second kappa shape index (κ2) is 10.1. The maximum absolute atomic E-state index is 15.4. The lowest BCUT2D eigenvalue weighted by molar-refractivity contribution is -0.137. The van der Waals surface area contributed by atoms with Gasteiger partial charge in [0.15, 0.2) is 5.82 Å². The molecule has 0 bridgehead atoms. The Morgan fingerprint density at radius 2 is 1.97 bits per heavy atom. The number of ether oxygens (including phenoxy) is 2. The molecule has 1 N–H and O–H groups in total. The molecule has 2 saturated heterocycles. The number of methoxy groups -OCH3 is 1. The van der Waals surface area contributed by atoms with Crippen molar-refractivity contribution in [1.82, 2.24) is 9.46 Å². The molecule has 2 fully saturated rings. The fourth-order valence-corrected chi connectivity index (χ4v) is 5.93. The number of hydrogen-bond donors (Lipinski definition) is 1. The number of benzene rings is 2. The van der Waals surface area contributed by atoms with E-state index in [0.717, 1.165) is 22.5 Å². The Bertz CT molecular complexity index is 1480. The summed E-state index contributed by atoms with van der Waals surface area (Å²) in [6, 6.07) is 7.18. The zero-order chi connectivity index (χ0) is 27.9. The van der Waals surface area contributed by atoms with Crippen LogP contribution in [-0.2, 0) is 25.9 Å². The number of carbonyl (C=O) groups is 1. The zero-order valence-electron chi connectivity index (χ0n) is 20.3. The number of halogens is 4. The molecule has 0 unspecified atom stereocenters. The summed E-state index contributed by atoms with van der Waals surface area (Å²) >= 11 is 0. The molecule has 3 aromatic rings. The number of morpholine rings is 1. The summed E-state index contributed by atoms with van der Waals surface area (Å²) in [6.45, 7) is -0.491. The van der Waals surface area contributed by atoms with Crippen molar-refractivity contribution in [2.45, 2.75) is 24.7 Å². The summed E-state index contributed by atoms with van der Waals surface area (Å²) in [6.07, 6.45) is -4.00. The summed E-state index contributed by atoms with van der Waals surface area (Å²) in [7, 11) is -2.72. The number of aromatic nitrogens is 1. The fourth-order valence-electron chi connectivity index (χ4n) is 4.74. The largest absolute Gasteiger partial charge is 0.495 e. The maximum Gasteiger partial charge on any atom is 0.416 e. The Hall–Kier alpha value is -3.69. The predicted octanol–water partition coefficient (Wildman–Crippen LogP) is 3.67. The average Bonchev–Trinajstić information content (AvgIpc) is 3.40. The second-order valence-electron chi connectivity index (χ2n) is 8.90. The maximum atomic E-state index is 15.4. The van der Waals surface area contributed by atoms with E-state index in [1.165, 1.54) is 42.5 Å². The van der Waals surface area contributed by atoms with Crippen molar-refractivity contribution in [2.75, 3.05) is 36.4 Å². The molecular weight excluding hydrogens is 548 g/mol. The van der Waals surface area contributed by atoms with Gasteiger partial charge in [-0.05, 0) is 30.2 Å². The third kappa shape index (κ3) is 5.29. The summed E-state index contributed by atoms with van der Waals surface area (Å²) in [5, 5.41) is 3.53. The van der Waals surface area contributed by atoms with Gasteiger partial charge in [0.25, 0.3) is 5.91 Å². The first kappa shape index (κ1) is 26.9. The first-order chi connectivity index (χ1) is 18.5. The number of nitrogens with one attached hydrogen (secondary N) is 1. The first-order valence-electron chi connectivity index (χ1n) is 11.6. The molecule has 208 valence electrons. The van der Waals surface area contributed by atoms with Crippen LogP contribution in [0, 0.1) is 5.82 Å². The molecule has 0 saturated carbocycles. The molecule has 2 atom stereocenters. The second-order valence-corrected chi connectivity index (χ2v) is 10.6. The van der Waals surface area contributed by atoms with Gasteiger partial charge >= 0.3 is 16.4 Å². The Morgan fingerprint density at radius 1 is 1.18 bits per heavy atom. The van der Waals surface area contributed by atoms with E-state index >= 15 is 4.39 Å². The Balaban J connectivity index is 1.44. The molecule has 0 spiro atoms. The molecule has 2 aliphatic rings. The summed E-state index contributed by atoms with van der Waals surface area (Å²) in [4.78, 5) is 14.3. The molecule has 3 heterocycles. The van der Waals surface area contributed by atoms with E-state index in [4.69, 9.17) is 9.47 Å². The quantitative estimate of drug-likeness (QED) is 0.450. The number of carbonyl (C=O) groups excluding carboxylic acids is 1. The van der Waals surface area contributed by atoms with E-state index < -0.39 is 52.4 Å². The Labute approximate surface area is 220 Å². The van der Waals surface area contributed by atoms with Crippen LogP contribution in [0.5, 0.6) is 5.75 Å². The smallest absolute Gasteiger partial charge is 0.416 e.